The van der Waals surface area contributed by atoms with Crippen molar-refractivity contribution in [3.8, 4) is 5.75 Å². The van der Waals surface area contributed by atoms with Crippen LogP contribution in [0.25, 0.3) is 0 Å². The lowest BCUT2D eigenvalue weighted by Gasteiger charge is -2.19. The van der Waals surface area contributed by atoms with Gasteiger partial charge in [0, 0.05) is 19.0 Å². The zero-order valence-electron chi connectivity index (χ0n) is 14.3. The number of nitrogens with zero attached hydrogens (tertiary/aromatic N) is 1. The molecule has 5 nitrogen and oxygen atoms in total. The van der Waals surface area contributed by atoms with Crippen LogP contribution in [0.2, 0.25) is 0 Å². The minimum Gasteiger partial charge on any atom is -0.494 e. The van der Waals surface area contributed by atoms with Gasteiger partial charge in [-0.2, -0.15) is 4.31 Å². The second kappa shape index (κ2) is 6.61. The van der Waals surface area contributed by atoms with E-state index in [1.54, 1.807) is 16.6 Å². The smallest absolute Gasteiger partial charge is 0.243 e. The molecule has 3 rings (SSSR count). The molecule has 1 aliphatic heterocycles. The standard InChI is InChI=1S/C18H23NO4S/c1-4-22-17-10-14(3)18(11-13(17)2)24(20,21)19-8-7-15(12-19)16-6-5-9-23-16/h5-6,9-11,15H,4,7-8,12H2,1-3H3. The van der Waals surface area contributed by atoms with Crippen LogP contribution in [-0.2, 0) is 10.0 Å². The molecule has 0 amide bonds. The molecule has 2 aromatic rings. The molecule has 1 saturated heterocycles. The van der Waals surface area contributed by atoms with Gasteiger partial charge in [-0.15, -0.1) is 0 Å². The molecular formula is C18H23NO4S. The Labute approximate surface area is 143 Å². The predicted octanol–water partition coefficient (Wildman–Crippen LogP) is 3.47. The summed E-state index contributed by atoms with van der Waals surface area (Å²) in [4.78, 5) is 0.364. The zero-order valence-corrected chi connectivity index (χ0v) is 15.1. The summed E-state index contributed by atoms with van der Waals surface area (Å²) in [7, 11) is -3.51. The van der Waals surface area contributed by atoms with Gasteiger partial charge in [0.2, 0.25) is 10.0 Å². The number of rotatable bonds is 5. The lowest BCUT2D eigenvalue weighted by atomic mass is 10.1. The van der Waals surface area contributed by atoms with Crippen molar-refractivity contribution in [3.05, 3.63) is 47.4 Å². The normalized spacial score (nSPS) is 18.9. The van der Waals surface area contributed by atoms with Gasteiger partial charge in [0.25, 0.3) is 0 Å². The monoisotopic (exact) mass is 349 g/mol. The van der Waals surface area contributed by atoms with Crippen molar-refractivity contribution in [3.63, 3.8) is 0 Å². The minimum atomic E-state index is -3.51. The summed E-state index contributed by atoms with van der Waals surface area (Å²) >= 11 is 0. The van der Waals surface area contributed by atoms with E-state index >= 15 is 0 Å². The van der Waals surface area contributed by atoms with Gasteiger partial charge in [-0.3, -0.25) is 0 Å². The van der Waals surface area contributed by atoms with Crippen molar-refractivity contribution in [2.45, 2.75) is 38.0 Å². The molecule has 1 aromatic heterocycles. The highest BCUT2D eigenvalue weighted by molar-refractivity contribution is 7.89. The highest BCUT2D eigenvalue weighted by Gasteiger charge is 2.35. The lowest BCUT2D eigenvalue weighted by Crippen LogP contribution is -2.29. The maximum atomic E-state index is 13.0. The summed E-state index contributed by atoms with van der Waals surface area (Å²) < 4.78 is 38.6. The Balaban J connectivity index is 1.87. The average Bonchev–Trinajstić information content (AvgIpc) is 3.20. The van der Waals surface area contributed by atoms with Crippen LogP contribution >= 0.6 is 0 Å². The zero-order chi connectivity index (χ0) is 17.3. The number of ether oxygens (including phenoxy) is 1. The fourth-order valence-electron chi connectivity index (χ4n) is 3.19. The van der Waals surface area contributed by atoms with Crippen LogP contribution in [0, 0.1) is 13.8 Å². The lowest BCUT2D eigenvalue weighted by molar-refractivity contribution is 0.337. The molecule has 1 unspecified atom stereocenters. The second-order valence-corrected chi connectivity index (χ2v) is 8.09. The highest BCUT2D eigenvalue weighted by atomic mass is 32.2. The van der Waals surface area contributed by atoms with Crippen molar-refractivity contribution in [1.29, 1.82) is 0 Å². The molecular weight excluding hydrogens is 326 g/mol. The van der Waals surface area contributed by atoms with Gasteiger partial charge in [-0.05, 0) is 62.6 Å². The second-order valence-electron chi connectivity index (χ2n) is 6.18. The van der Waals surface area contributed by atoms with Gasteiger partial charge in [-0.1, -0.05) is 0 Å². The van der Waals surface area contributed by atoms with E-state index in [-0.39, 0.29) is 5.92 Å². The van der Waals surface area contributed by atoms with Gasteiger partial charge in [-0.25, -0.2) is 8.42 Å². The fraction of sp³-hybridized carbons (Fsp3) is 0.444. The molecule has 1 aliphatic rings. The van der Waals surface area contributed by atoms with Gasteiger partial charge in [0.15, 0.2) is 0 Å². The summed E-state index contributed by atoms with van der Waals surface area (Å²) in [5.74, 6) is 1.72. The van der Waals surface area contributed by atoms with E-state index in [2.05, 4.69) is 0 Å². The van der Waals surface area contributed by atoms with Gasteiger partial charge in [0.05, 0.1) is 17.8 Å². The molecule has 0 radical (unpaired) electrons. The maximum absolute atomic E-state index is 13.0. The quantitative estimate of drug-likeness (QED) is 0.829. The molecule has 1 atom stereocenters. The van der Waals surface area contributed by atoms with E-state index in [4.69, 9.17) is 9.15 Å². The van der Waals surface area contributed by atoms with Crippen molar-refractivity contribution in [1.82, 2.24) is 4.31 Å². The summed E-state index contributed by atoms with van der Waals surface area (Å²) in [6.45, 7) is 7.14. The number of benzene rings is 1. The van der Waals surface area contributed by atoms with Crippen molar-refractivity contribution < 1.29 is 17.6 Å². The first-order valence-corrected chi connectivity index (χ1v) is 9.65. The van der Waals surface area contributed by atoms with Gasteiger partial charge < -0.3 is 9.15 Å². The SMILES string of the molecule is CCOc1cc(C)c(S(=O)(=O)N2CCC(c3ccco3)C2)cc1C. The van der Waals surface area contributed by atoms with Crippen molar-refractivity contribution in [2.75, 3.05) is 19.7 Å². The molecule has 6 heteroatoms. The number of hydrogen-bond acceptors (Lipinski definition) is 4. The van der Waals surface area contributed by atoms with Crippen LogP contribution in [-0.4, -0.2) is 32.4 Å². The van der Waals surface area contributed by atoms with Crippen LogP contribution in [0.15, 0.2) is 39.8 Å². The Morgan fingerprint density at radius 2 is 2.08 bits per heavy atom. The van der Waals surface area contributed by atoms with Crippen LogP contribution in [0.5, 0.6) is 5.75 Å². The van der Waals surface area contributed by atoms with Gasteiger partial charge >= 0.3 is 0 Å². The van der Waals surface area contributed by atoms with Crippen LogP contribution in [0.1, 0.15) is 36.1 Å². The molecule has 0 bridgehead atoms. The third-order valence-corrected chi connectivity index (χ3v) is 6.49. The van der Waals surface area contributed by atoms with Crippen LogP contribution in [0.3, 0.4) is 0 Å². The van der Waals surface area contributed by atoms with Crippen LogP contribution < -0.4 is 4.74 Å². The largest absolute Gasteiger partial charge is 0.494 e. The fourth-order valence-corrected chi connectivity index (χ4v) is 4.99. The van der Waals surface area contributed by atoms with E-state index in [1.165, 1.54) is 0 Å². The maximum Gasteiger partial charge on any atom is 0.243 e. The number of furan rings is 1. The highest BCUT2D eigenvalue weighted by Crippen LogP contribution is 2.34. The third kappa shape index (κ3) is 3.08. The van der Waals surface area contributed by atoms with E-state index in [9.17, 15) is 8.42 Å². The van der Waals surface area contributed by atoms with E-state index in [0.29, 0.717) is 30.2 Å². The number of sulfonamides is 1. The van der Waals surface area contributed by atoms with Gasteiger partial charge in [0.1, 0.15) is 11.5 Å². The Morgan fingerprint density at radius 3 is 2.75 bits per heavy atom. The minimum absolute atomic E-state index is 0.124. The molecule has 0 saturated carbocycles. The number of aryl methyl sites for hydroxylation is 2. The average molecular weight is 349 g/mol. The Kier molecular flexibility index (Phi) is 4.69. The van der Waals surface area contributed by atoms with E-state index < -0.39 is 10.0 Å². The summed E-state index contributed by atoms with van der Waals surface area (Å²) in [6, 6.07) is 7.28. The molecule has 2 heterocycles. The molecule has 0 spiro atoms. The van der Waals surface area contributed by atoms with Crippen LogP contribution in [0.4, 0.5) is 0 Å². The molecule has 0 aliphatic carbocycles. The first-order chi connectivity index (χ1) is 11.4. The molecule has 1 aromatic carbocycles. The molecule has 0 N–H and O–H groups in total. The Bertz CT molecular complexity index is 812. The number of hydrogen-bond donors (Lipinski definition) is 0. The Hall–Kier alpha value is -1.79. The summed E-state index contributed by atoms with van der Waals surface area (Å²) in [6.07, 6.45) is 2.41. The van der Waals surface area contributed by atoms with E-state index in [1.807, 2.05) is 39.0 Å². The summed E-state index contributed by atoms with van der Waals surface area (Å²) in [5.41, 5.74) is 1.55. The van der Waals surface area contributed by atoms with Crippen molar-refractivity contribution >= 4 is 10.0 Å². The predicted molar refractivity (Wildman–Crippen MR) is 91.9 cm³/mol. The van der Waals surface area contributed by atoms with E-state index in [0.717, 1.165) is 23.5 Å². The Morgan fingerprint density at radius 1 is 1.29 bits per heavy atom. The topological polar surface area (TPSA) is 59.8 Å². The first-order valence-electron chi connectivity index (χ1n) is 8.21. The summed E-state index contributed by atoms with van der Waals surface area (Å²) in [5, 5.41) is 0. The first kappa shape index (κ1) is 17.0. The molecule has 24 heavy (non-hydrogen) atoms. The molecule has 1 fully saturated rings. The third-order valence-electron chi connectivity index (χ3n) is 4.49. The molecule has 130 valence electrons. The van der Waals surface area contributed by atoms with Crippen molar-refractivity contribution in [2.24, 2.45) is 0 Å².